The van der Waals surface area contributed by atoms with E-state index >= 15 is 0 Å². The van der Waals surface area contributed by atoms with Crippen LogP contribution in [-0.4, -0.2) is 15.8 Å². The Balaban J connectivity index is 1.95. The number of hydrogen-bond acceptors (Lipinski definition) is 2. The first-order chi connectivity index (χ1) is 8.60. The lowest BCUT2D eigenvalue weighted by atomic mass is 9.76. The molecule has 3 nitrogen and oxygen atoms in total. The molecule has 3 unspecified atom stereocenters. The number of rotatable bonds is 4. The summed E-state index contributed by atoms with van der Waals surface area (Å²) in [6, 6.07) is 2.47. The van der Waals surface area contributed by atoms with Gasteiger partial charge in [0, 0.05) is 25.2 Å². The Morgan fingerprint density at radius 3 is 2.89 bits per heavy atom. The Morgan fingerprint density at radius 1 is 1.50 bits per heavy atom. The van der Waals surface area contributed by atoms with E-state index in [1.807, 2.05) is 18.7 Å². The first kappa shape index (κ1) is 13.6. The quantitative estimate of drug-likeness (QED) is 0.891. The van der Waals surface area contributed by atoms with E-state index in [1.54, 1.807) is 0 Å². The summed E-state index contributed by atoms with van der Waals surface area (Å²) in [6.45, 7) is 4.35. The normalized spacial score (nSPS) is 26.2. The van der Waals surface area contributed by atoms with Crippen molar-refractivity contribution in [3.63, 3.8) is 0 Å². The van der Waals surface area contributed by atoms with Gasteiger partial charge in [0.15, 0.2) is 0 Å². The van der Waals surface area contributed by atoms with Crippen LogP contribution in [0.1, 0.15) is 50.4 Å². The molecule has 18 heavy (non-hydrogen) atoms. The molecule has 2 N–H and O–H groups in total. The highest BCUT2D eigenvalue weighted by molar-refractivity contribution is 5.10. The maximum atomic E-state index is 6.43. The van der Waals surface area contributed by atoms with Crippen LogP contribution in [0, 0.1) is 18.8 Å². The molecule has 0 radical (unpaired) electrons. The van der Waals surface area contributed by atoms with Crippen molar-refractivity contribution in [3.8, 4) is 0 Å². The van der Waals surface area contributed by atoms with Gasteiger partial charge in [-0.1, -0.05) is 26.2 Å². The second kappa shape index (κ2) is 5.87. The molecule has 0 aliphatic heterocycles. The van der Waals surface area contributed by atoms with E-state index in [2.05, 4.69) is 18.1 Å². The van der Waals surface area contributed by atoms with Gasteiger partial charge >= 0.3 is 0 Å². The van der Waals surface area contributed by atoms with Crippen molar-refractivity contribution in [2.24, 2.45) is 24.6 Å². The van der Waals surface area contributed by atoms with E-state index in [-0.39, 0.29) is 0 Å². The van der Waals surface area contributed by atoms with Crippen molar-refractivity contribution in [1.82, 2.24) is 9.78 Å². The lowest BCUT2D eigenvalue weighted by Crippen LogP contribution is -2.36. The molecule has 3 atom stereocenters. The largest absolute Gasteiger partial charge is 0.327 e. The monoisotopic (exact) mass is 249 g/mol. The zero-order valence-electron chi connectivity index (χ0n) is 12.0. The van der Waals surface area contributed by atoms with E-state index in [0.29, 0.717) is 12.0 Å². The summed E-state index contributed by atoms with van der Waals surface area (Å²) in [5.74, 6) is 1.61. The summed E-state index contributed by atoms with van der Waals surface area (Å²) in [4.78, 5) is 0. The van der Waals surface area contributed by atoms with E-state index in [4.69, 9.17) is 5.73 Å². The summed E-state index contributed by atoms with van der Waals surface area (Å²) in [5, 5.41) is 4.40. The molecule has 0 saturated heterocycles. The van der Waals surface area contributed by atoms with Gasteiger partial charge in [-0.05, 0) is 37.7 Å². The Morgan fingerprint density at radius 2 is 2.28 bits per heavy atom. The molecule has 1 heterocycles. The lowest BCUT2D eigenvalue weighted by Gasteiger charge is -2.32. The van der Waals surface area contributed by atoms with Crippen LogP contribution in [-0.2, 0) is 13.5 Å². The molecular formula is C15H27N3. The van der Waals surface area contributed by atoms with Gasteiger partial charge < -0.3 is 5.73 Å². The average molecular weight is 249 g/mol. The molecule has 2 rings (SSSR count). The van der Waals surface area contributed by atoms with Gasteiger partial charge in [-0.3, -0.25) is 4.68 Å². The maximum Gasteiger partial charge on any atom is 0.0596 e. The minimum absolute atomic E-state index is 0.300. The number of aromatic nitrogens is 2. The van der Waals surface area contributed by atoms with Crippen LogP contribution in [0.4, 0.5) is 0 Å². The van der Waals surface area contributed by atoms with Crippen molar-refractivity contribution in [1.29, 1.82) is 0 Å². The van der Waals surface area contributed by atoms with Gasteiger partial charge in [0.05, 0.1) is 5.69 Å². The van der Waals surface area contributed by atoms with Crippen molar-refractivity contribution in [3.05, 3.63) is 17.5 Å². The highest BCUT2D eigenvalue weighted by Crippen LogP contribution is 2.33. The Hall–Kier alpha value is -0.830. The molecule has 1 aromatic heterocycles. The van der Waals surface area contributed by atoms with E-state index in [1.165, 1.54) is 37.8 Å². The predicted molar refractivity (Wildman–Crippen MR) is 75.4 cm³/mol. The van der Waals surface area contributed by atoms with Gasteiger partial charge in [-0.25, -0.2) is 0 Å². The third-order valence-corrected chi connectivity index (χ3v) is 4.55. The minimum atomic E-state index is 0.300. The van der Waals surface area contributed by atoms with Crippen molar-refractivity contribution >= 4 is 0 Å². The van der Waals surface area contributed by atoms with Crippen molar-refractivity contribution in [2.45, 2.75) is 58.4 Å². The zero-order chi connectivity index (χ0) is 13.1. The van der Waals surface area contributed by atoms with Crippen LogP contribution in [0.25, 0.3) is 0 Å². The first-order valence-electron chi connectivity index (χ1n) is 7.35. The van der Waals surface area contributed by atoms with Gasteiger partial charge in [0.1, 0.15) is 0 Å². The summed E-state index contributed by atoms with van der Waals surface area (Å²) in [6.07, 6.45) is 7.70. The molecule has 0 aromatic carbocycles. The fourth-order valence-corrected chi connectivity index (χ4v) is 3.36. The van der Waals surface area contributed by atoms with Crippen LogP contribution < -0.4 is 5.73 Å². The summed E-state index contributed by atoms with van der Waals surface area (Å²) >= 11 is 0. The molecule has 1 aromatic rings. The Labute approximate surface area is 111 Å². The molecular weight excluding hydrogens is 222 g/mol. The van der Waals surface area contributed by atoms with Crippen LogP contribution in [0.5, 0.6) is 0 Å². The van der Waals surface area contributed by atoms with E-state index in [0.717, 1.165) is 18.0 Å². The molecule has 1 fully saturated rings. The second-order valence-corrected chi connectivity index (χ2v) is 5.97. The standard InChI is InChI=1S/C15H27N3/c1-4-12-6-5-7-13(9-12)15(16)10-14-8-11(2)17-18(14)3/h8,12-13,15H,4-7,9-10,16H2,1-3H3. The van der Waals surface area contributed by atoms with Crippen LogP contribution in [0.2, 0.25) is 0 Å². The smallest absolute Gasteiger partial charge is 0.0596 e. The fraction of sp³-hybridized carbons (Fsp3) is 0.800. The number of nitrogens with two attached hydrogens (primary N) is 1. The summed E-state index contributed by atoms with van der Waals surface area (Å²) in [7, 11) is 2.02. The molecule has 0 bridgehead atoms. The number of nitrogens with zero attached hydrogens (tertiary/aromatic N) is 2. The summed E-state index contributed by atoms with van der Waals surface area (Å²) < 4.78 is 1.98. The fourth-order valence-electron chi connectivity index (χ4n) is 3.36. The average Bonchev–Trinajstić information content (AvgIpc) is 2.68. The lowest BCUT2D eigenvalue weighted by molar-refractivity contribution is 0.227. The van der Waals surface area contributed by atoms with Gasteiger partial charge in [0.2, 0.25) is 0 Å². The highest BCUT2D eigenvalue weighted by atomic mass is 15.3. The number of hydrogen-bond donors (Lipinski definition) is 1. The molecule has 102 valence electrons. The topological polar surface area (TPSA) is 43.8 Å². The van der Waals surface area contributed by atoms with Gasteiger partial charge in [0.25, 0.3) is 0 Å². The van der Waals surface area contributed by atoms with Crippen LogP contribution in [0.3, 0.4) is 0 Å². The summed E-state index contributed by atoms with van der Waals surface area (Å²) in [5.41, 5.74) is 8.80. The second-order valence-electron chi connectivity index (χ2n) is 5.97. The first-order valence-corrected chi connectivity index (χ1v) is 7.35. The third-order valence-electron chi connectivity index (χ3n) is 4.55. The third kappa shape index (κ3) is 3.14. The van der Waals surface area contributed by atoms with Crippen LogP contribution >= 0.6 is 0 Å². The Kier molecular flexibility index (Phi) is 4.44. The van der Waals surface area contributed by atoms with Crippen LogP contribution in [0.15, 0.2) is 6.07 Å². The number of aryl methyl sites for hydroxylation is 2. The van der Waals surface area contributed by atoms with E-state index in [9.17, 15) is 0 Å². The molecule has 1 aliphatic carbocycles. The van der Waals surface area contributed by atoms with Gasteiger partial charge in [-0.15, -0.1) is 0 Å². The molecule has 0 amide bonds. The predicted octanol–water partition coefficient (Wildman–Crippen LogP) is 2.81. The van der Waals surface area contributed by atoms with Gasteiger partial charge in [-0.2, -0.15) is 5.10 Å². The molecule has 1 aliphatic rings. The molecule has 0 spiro atoms. The highest BCUT2D eigenvalue weighted by Gasteiger charge is 2.26. The van der Waals surface area contributed by atoms with E-state index < -0.39 is 0 Å². The molecule has 1 saturated carbocycles. The van der Waals surface area contributed by atoms with Crippen molar-refractivity contribution in [2.75, 3.05) is 0 Å². The molecule has 3 heteroatoms. The zero-order valence-corrected chi connectivity index (χ0v) is 12.0. The minimum Gasteiger partial charge on any atom is -0.327 e. The SMILES string of the molecule is CCC1CCCC(C(N)Cc2cc(C)nn2C)C1. The maximum absolute atomic E-state index is 6.43. The van der Waals surface area contributed by atoms with Crippen molar-refractivity contribution < 1.29 is 0 Å². The Bertz CT molecular complexity index is 383.